The number of nitriles is 1. The van der Waals surface area contributed by atoms with Gasteiger partial charge in [0.1, 0.15) is 11.6 Å². The van der Waals surface area contributed by atoms with Gasteiger partial charge in [-0.15, -0.1) is 0 Å². The minimum atomic E-state index is -4.81. The summed E-state index contributed by atoms with van der Waals surface area (Å²) in [5.41, 5.74) is 3.73. The van der Waals surface area contributed by atoms with E-state index >= 15 is 0 Å². The Hall–Kier alpha value is -3.52. The zero-order chi connectivity index (χ0) is 24.7. The van der Waals surface area contributed by atoms with Gasteiger partial charge in [0.15, 0.2) is 10.8 Å². The highest BCUT2D eigenvalue weighted by atomic mass is 32.1. The Morgan fingerprint density at radius 1 is 1.24 bits per heavy atom. The van der Waals surface area contributed by atoms with E-state index in [0.717, 1.165) is 29.1 Å². The number of hydrogen-bond acceptors (Lipinski definition) is 5. The van der Waals surface area contributed by atoms with E-state index in [4.69, 9.17) is 23.2 Å². The molecule has 11 heteroatoms. The van der Waals surface area contributed by atoms with Gasteiger partial charge in [0.05, 0.1) is 17.4 Å². The highest BCUT2D eigenvalue weighted by molar-refractivity contribution is 7.81. The van der Waals surface area contributed by atoms with Crippen LogP contribution in [0.2, 0.25) is 0 Å². The van der Waals surface area contributed by atoms with Gasteiger partial charge in [-0.25, -0.2) is 4.98 Å². The summed E-state index contributed by atoms with van der Waals surface area (Å²) in [5, 5.41) is 9.08. The number of benzene rings is 1. The number of carbonyl (C=O) groups is 2. The summed E-state index contributed by atoms with van der Waals surface area (Å²) >= 11 is 5.59. The molecule has 0 atom stereocenters. The van der Waals surface area contributed by atoms with Crippen molar-refractivity contribution in [1.29, 1.82) is 5.26 Å². The van der Waals surface area contributed by atoms with Crippen LogP contribution in [-0.4, -0.2) is 27.4 Å². The second-order valence-electron chi connectivity index (χ2n) is 8.33. The number of carbonyl (C=O) groups excluding carboxylic acids is 2. The maximum absolute atomic E-state index is 13.5. The lowest BCUT2D eigenvalue weighted by Crippen LogP contribution is -2.55. The quantitative estimate of drug-likeness (QED) is 0.621. The molecule has 1 aromatic heterocycles. The molecule has 2 heterocycles. The standard InChI is InChI=1S/C23H20F3N5O2S/c24-23(25,26)17-11-16(13-29-18(17)12-27)30-20(33)22(9-2-10-22)31(21(30)34)15-7-5-14(6-8-15)3-1-4-19(28)32/h5-8,11,13H,1-4,9-10H2,(H2,28,32). The second kappa shape index (κ2) is 8.68. The second-order valence-corrected chi connectivity index (χ2v) is 8.69. The van der Waals surface area contributed by atoms with Gasteiger partial charge in [-0.2, -0.15) is 18.4 Å². The van der Waals surface area contributed by atoms with Gasteiger partial charge in [-0.1, -0.05) is 12.1 Å². The van der Waals surface area contributed by atoms with E-state index in [-0.39, 0.29) is 23.1 Å². The number of aryl methyl sites for hydroxylation is 1. The van der Waals surface area contributed by atoms with Crippen molar-refractivity contribution < 1.29 is 22.8 Å². The zero-order valence-corrected chi connectivity index (χ0v) is 18.7. The molecule has 2 fully saturated rings. The summed E-state index contributed by atoms with van der Waals surface area (Å²) < 4.78 is 40.4. The van der Waals surface area contributed by atoms with E-state index in [9.17, 15) is 22.8 Å². The number of nitrogens with two attached hydrogens (primary N) is 1. The predicted octanol–water partition coefficient (Wildman–Crippen LogP) is 3.84. The molecule has 1 aliphatic heterocycles. The highest BCUT2D eigenvalue weighted by Crippen LogP contribution is 2.48. The van der Waals surface area contributed by atoms with Crippen LogP contribution >= 0.6 is 12.2 Å². The average molecular weight is 488 g/mol. The van der Waals surface area contributed by atoms with E-state index in [0.29, 0.717) is 31.4 Å². The fourth-order valence-corrected chi connectivity index (χ4v) is 4.84. The van der Waals surface area contributed by atoms with Gasteiger partial charge in [0, 0.05) is 12.1 Å². The SMILES string of the molecule is N#Cc1ncc(N2C(=O)C3(CCC3)N(c3ccc(CCCC(N)=O)cc3)C2=S)cc1C(F)(F)F. The van der Waals surface area contributed by atoms with E-state index in [1.807, 2.05) is 12.1 Å². The van der Waals surface area contributed by atoms with Crippen LogP contribution in [0.15, 0.2) is 36.5 Å². The van der Waals surface area contributed by atoms with Crippen molar-refractivity contribution in [2.75, 3.05) is 9.80 Å². The molecule has 176 valence electrons. The number of halogens is 3. The van der Waals surface area contributed by atoms with Gasteiger partial charge in [0.2, 0.25) is 5.91 Å². The number of pyridine rings is 1. The molecular weight excluding hydrogens is 467 g/mol. The minimum absolute atomic E-state index is 0.0609. The third-order valence-corrected chi connectivity index (χ3v) is 6.58. The first kappa shape index (κ1) is 23.6. The predicted molar refractivity (Wildman–Crippen MR) is 122 cm³/mol. The molecule has 1 aliphatic carbocycles. The van der Waals surface area contributed by atoms with Crippen molar-refractivity contribution in [2.24, 2.45) is 5.73 Å². The van der Waals surface area contributed by atoms with Crippen LogP contribution in [-0.2, 0) is 22.2 Å². The lowest BCUT2D eigenvalue weighted by Gasteiger charge is -2.43. The number of amides is 2. The largest absolute Gasteiger partial charge is 0.419 e. The average Bonchev–Trinajstić information content (AvgIpc) is 3.00. The number of nitrogens with zero attached hydrogens (tertiary/aromatic N) is 4. The first-order chi connectivity index (χ1) is 16.1. The van der Waals surface area contributed by atoms with E-state index in [1.165, 1.54) is 6.07 Å². The highest BCUT2D eigenvalue weighted by Gasteiger charge is 2.59. The Morgan fingerprint density at radius 3 is 2.44 bits per heavy atom. The van der Waals surface area contributed by atoms with Crippen LogP contribution in [0.1, 0.15) is 48.9 Å². The van der Waals surface area contributed by atoms with E-state index < -0.39 is 28.9 Å². The lowest BCUT2D eigenvalue weighted by atomic mass is 9.75. The Morgan fingerprint density at radius 2 is 1.91 bits per heavy atom. The van der Waals surface area contributed by atoms with Gasteiger partial charge < -0.3 is 10.6 Å². The molecule has 2 N–H and O–H groups in total. The molecule has 2 amide bonds. The van der Waals surface area contributed by atoms with Gasteiger partial charge in [-0.3, -0.25) is 14.5 Å². The number of primary amides is 1. The number of alkyl halides is 3. The van der Waals surface area contributed by atoms with Crippen molar-refractivity contribution in [3.8, 4) is 6.07 Å². The van der Waals surface area contributed by atoms with Crippen LogP contribution in [0.3, 0.4) is 0 Å². The normalized spacial score (nSPS) is 17.1. The van der Waals surface area contributed by atoms with Crippen molar-refractivity contribution >= 4 is 40.5 Å². The molecule has 0 bridgehead atoms. The Labute approximate surface area is 199 Å². The first-order valence-corrected chi connectivity index (χ1v) is 11.0. The third kappa shape index (κ3) is 3.98. The maximum atomic E-state index is 13.5. The maximum Gasteiger partial charge on any atom is 0.419 e. The summed E-state index contributed by atoms with van der Waals surface area (Å²) in [5.74, 6) is -0.774. The Balaban J connectivity index is 1.67. The van der Waals surface area contributed by atoms with Crippen molar-refractivity contribution in [1.82, 2.24) is 4.98 Å². The van der Waals surface area contributed by atoms with Gasteiger partial charge >= 0.3 is 6.18 Å². The fraction of sp³-hybridized carbons (Fsp3) is 0.348. The molecule has 0 radical (unpaired) electrons. The molecule has 0 unspecified atom stereocenters. The van der Waals surface area contributed by atoms with Crippen molar-refractivity contribution in [2.45, 2.75) is 50.2 Å². The monoisotopic (exact) mass is 487 g/mol. The van der Waals surface area contributed by atoms with Crippen LogP contribution in [0.4, 0.5) is 24.5 Å². The van der Waals surface area contributed by atoms with Gasteiger partial charge in [-0.05, 0) is 68.1 Å². The van der Waals surface area contributed by atoms with Crippen LogP contribution in [0, 0.1) is 11.3 Å². The molecule has 4 rings (SSSR count). The fourth-order valence-electron chi connectivity index (χ4n) is 4.37. The number of hydrogen-bond donors (Lipinski definition) is 1. The smallest absolute Gasteiger partial charge is 0.370 e. The molecule has 2 aromatic rings. The van der Waals surface area contributed by atoms with E-state index in [1.54, 1.807) is 17.0 Å². The minimum Gasteiger partial charge on any atom is -0.370 e. The number of thiocarbonyl (C=S) groups is 1. The van der Waals surface area contributed by atoms with Crippen molar-refractivity contribution in [3.05, 3.63) is 53.3 Å². The molecule has 2 aliphatic rings. The summed E-state index contributed by atoms with van der Waals surface area (Å²) in [6.07, 6.45) is -0.392. The number of anilines is 2. The lowest BCUT2D eigenvalue weighted by molar-refractivity contribution is -0.138. The molecule has 1 spiro atoms. The summed E-state index contributed by atoms with van der Waals surface area (Å²) in [6, 6.07) is 9.52. The molecular formula is C23H20F3N5O2S. The Bertz CT molecular complexity index is 1200. The van der Waals surface area contributed by atoms with Crippen LogP contribution in [0.25, 0.3) is 0 Å². The van der Waals surface area contributed by atoms with Crippen LogP contribution in [0.5, 0.6) is 0 Å². The number of aromatic nitrogens is 1. The Kier molecular flexibility index (Phi) is 6.03. The molecule has 1 saturated heterocycles. The molecule has 34 heavy (non-hydrogen) atoms. The first-order valence-electron chi connectivity index (χ1n) is 10.6. The summed E-state index contributed by atoms with van der Waals surface area (Å²) in [6.45, 7) is 0. The zero-order valence-electron chi connectivity index (χ0n) is 17.9. The summed E-state index contributed by atoms with van der Waals surface area (Å²) in [7, 11) is 0. The van der Waals surface area contributed by atoms with Crippen LogP contribution < -0.4 is 15.5 Å². The van der Waals surface area contributed by atoms with E-state index in [2.05, 4.69) is 4.98 Å². The topological polar surface area (TPSA) is 103 Å². The molecule has 7 nitrogen and oxygen atoms in total. The molecule has 1 saturated carbocycles. The van der Waals surface area contributed by atoms with Gasteiger partial charge in [0.25, 0.3) is 5.91 Å². The summed E-state index contributed by atoms with van der Waals surface area (Å²) in [4.78, 5) is 30.8. The third-order valence-electron chi connectivity index (χ3n) is 6.22. The van der Waals surface area contributed by atoms with Crippen molar-refractivity contribution in [3.63, 3.8) is 0 Å². The number of rotatable bonds is 6. The molecule has 1 aromatic carbocycles.